The Labute approximate surface area is 200 Å². The zero-order valence-corrected chi connectivity index (χ0v) is 21.4. The lowest BCUT2D eigenvalue weighted by molar-refractivity contribution is -0.143. The highest BCUT2D eigenvalue weighted by atomic mass is 31.2. The van der Waals surface area contributed by atoms with Crippen LogP contribution in [0.4, 0.5) is 0 Å². The van der Waals surface area contributed by atoms with Crippen molar-refractivity contribution in [2.75, 3.05) is 34.6 Å². The van der Waals surface area contributed by atoms with Crippen molar-refractivity contribution in [2.45, 2.75) is 39.7 Å². The van der Waals surface area contributed by atoms with E-state index in [2.05, 4.69) is 0 Å². The van der Waals surface area contributed by atoms with Gasteiger partial charge in [-0.1, -0.05) is 23.8 Å². The van der Waals surface area contributed by atoms with Gasteiger partial charge >= 0.3 is 19.5 Å². The lowest BCUT2D eigenvalue weighted by atomic mass is 9.93. The van der Waals surface area contributed by atoms with Crippen LogP contribution in [0.2, 0.25) is 0 Å². The Morgan fingerprint density at radius 3 is 2.50 bits per heavy atom. The van der Waals surface area contributed by atoms with Crippen LogP contribution in [-0.2, 0) is 40.9 Å². The molecule has 0 amide bonds. The smallest absolute Gasteiger partial charge is 0.342 e. The monoisotopic (exact) mass is 496 g/mol. The molecule has 0 spiro atoms. The van der Waals surface area contributed by atoms with Gasteiger partial charge in [-0.2, -0.15) is 0 Å². The van der Waals surface area contributed by atoms with Crippen LogP contribution in [0.15, 0.2) is 23.8 Å². The first kappa shape index (κ1) is 27.6. The summed E-state index contributed by atoms with van der Waals surface area (Å²) in [5.74, 6) is -1.14. The van der Waals surface area contributed by atoms with Gasteiger partial charge in [0.1, 0.15) is 23.7 Å². The second-order valence-electron chi connectivity index (χ2n) is 7.92. The number of cyclic esters (lactones) is 1. The first-order valence-corrected chi connectivity index (χ1v) is 12.5. The van der Waals surface area contributed by atoms with Crippen molar-refractivity contribution >= 4 is 19.5 Å². The highest BCUT2D eigenvalue weighted by Gasteiger charge is 2.32. The molecule has 1 heterocycles. The van der Waals surface area contributed by atoms with Crippen molar-refractivity contribution in [3.8, 4) is 11.5 Å². The van der Waals surface area contributed by atoms with Gasteiger partial charge in [-0.3, -0.25) is 9.36 Å². The summed E-state index contributed by atoms with van der Waals surface area (Å²) in [4.78, 5) is 24.3. The molecule has 0 saturated carbocycles. The molecule has 1 aliphatic heterocycles. The molecule has 1 unspecified atom stereocenters. The number of esters is 2. The molecule has 0 bridgehead atoms. The number of phenolic OH excluding ortho intramolecular Hbond substituents is 1. The van der Waals surface area contributed by atoms with Crippen molar-refractivity contribution in [1.29, 1.82) is 0 Å². The van der Waals surface area contributed by atoms with E-state index in [4.69, 9.17) is 23.3 Å². The Kier molecular flexibility index (Phi) is 9.91. The van der Waals surface area contributed by atoms with Gasteiger partial charge in [-0.25, -0.2) is 4.79 Å². The number of carbonyl (C=O) groups is 2. The number of fused-ring (bicyclic) bond motifs is 1. The summed E-state index contributed by atoms with van der Waals surface area (Å²) in [7, 11) is 2.37. The summed E-state index contributed by atoms with van der Waals surface area (Å²) in [5, 5.41) is 10.7. The van der Waals surface area contributed by atoms with Gasteiger partial charge < -0.3 is 28.4 Å². The zero-order valence-electron chi connectivity index (χ0n) is 20.5. The molecule has 0 aromatic heterocycles. The summed E-state index contributed by atoms with van der Waals surface area (Å²) >= 11 is 0. The van der Waals surface area contributed by atoms with E-state index in [1.54, 1.807) is 12.2 Å². The van der Waals surface area contributed by atoms with Gasteiger partial charge in [0.25, 0.3) is 0 Å². The molecule has 0 aliphatic carbocycles. The summed E-state index contributed by atoms with van der Waals surface area (Å²) in [6, 6.07) is 0. The van der Waals surface area contributed by atoms with Crippen molar-refractivity contribution < 1.29 is 42.5 Å². The molecule has 1 atom stereocenters. The van der Waals surface area contributed by atoms with E-state index in [9.17, 15) is 19.3 Å². The van der Waals surface area contributed by atoms with Crippen LogP contribution in [0.1, 0.15) is 46.8 Å². The van der Waals surface area contributed by atoms with E-state index in [0.29, 0.717) is 36.1 Å². The predicted molar refractivity (Wildman–Crippen MR) is 126 cm³/mol. The molecule has 2 rings (SSSR count). The van der Waals surface area contributed by atoms with E-state index in [-0.39, 0.29) is 24.1 Å². The molecule has 0 fully saturated rings. The molecule has 1 N–H and O–H groups in total. The molecule has 188 valence electrons. The van der Waals surface area contributed by atoms with Crippen LogP contribution < -0.4 is 4.74 Å². The number of ether oxygens (including phenoxy) is 3. The molecule has 10 heteroatoms. The number of benzene rings is 1. The fourth-order valence-electron chi connectivity index (χ4n) is 3.87. The van der Waals surface area contributed by atoms with Crippen molar-refractivity contribution in [3.05, 3.63) is 46.1 Å². The third-order valence-corrected chi connectivity index (χ3v) is 7.76. The first-order chi connectivity index (χ1) is 16.1. The summed E-state index contributed by atoms with van der Waals surface area (Å²) in [6.07, 6.45) is 6.62. The summed E-state index contributed by atoms with van der Waals surface area (Å²) in [5.41, 5.74) is 2.92. The Bertz CT molecular complexity index is 1020. The lowest BCUT2D eigenvalue weighted by Crippen LogP contribution is -2.14. The Hall–Kier alpha value is -2.61. The molecule has 1 aliphatic rings. The number of aromatic hydroxyl groups is 1. The normalized spacial score (nSPS) is 14.8. The topological polar surface area (TPSA) is 118 Å². The minimum Gasteiger partial charge on any atom is -0.507 e. The highest BCUT2D eigenvalue weighted by molar-refractivity contribution is 7.53. The average molecular weight is 496 g/mol. The Balaban J connectivity index is 2.19. The maximum Gasteiger partial charge on any atom is 0.342 e. The number of methoxy groups -OCH3 is 2. The van der Waals surface area contributed by atoms with Crippen LogP contribution in [0.3, 0.4) is 0 Å². The Morgan fingerprint density at radius 2 is 1.91 bits per heavy atom. The maximum absolute atomic E-state index is 12.3. The number of rotatable bonds is 12. The quantitative estimate of drug-likeness (QED) is 0.254. The largest absolute Gasteiger partial charge is 0.507 e. The number of hydrogen-bond acceptors (Lipinski definition) is 9. The standard InChI is InChI=1S/C24H33O9P/c1-15(13-17(23(26)30-4)9-7-8-12-34(28,31-5)32-6)10-11-18-21(25)20-19(14-33-24(20)27)16(2)22(18)29-3/h7,9-10,17,25H,8,11-14H2,1-6H3/b9-7+,15-10?. The summed E-state index contributed by atoms with van der Waals surface area (Å²) in [6.45, 7) is 3.80. The molecule has 34 heavy (non-hydrogen) atoms. The van der Waals surface area contributed by atoms with Crippen LogP contribution in [0, 0.1) is 12.8 Å². The lowest BCUT2D eigenvalue weighted by Gasteiger charge is -2.16. The number of phenols is 1. The SMILES string of the molecule is COC(=O)C(/C=C/CCP(=O)(OC)OC)CC(C)=CCc1c(O)c2c(c(C)c1OC)COC2=O. The first-order valence-electron chi connectivity index (χ1n) is 10.8. The van der Waals surface area contributed by atoms with Gasteiger partial charge in [0.2, 0.25) is 0 Å². The van der Waals surface area contributed by atoms with E-state index in [1.807, 2.05) is 19.9 Å². The molecular formula is C24H33O9P. The van der Waals surface area contributed by atoms with E-state index in [1.165, 1.54) is 28.4 Å². The third-order valence-electron chi connectivity index (χ3n) is 5.84. The molecule has 9 nitrogen and oxygen atoms in total. The fraction of sp³-hybridized carbons (Fsp3) is 0.500. The van der Waals surface area contributed by atoms with Gasteiger partial charge in [0.05, 0.1) is 26.3 Å². The molecule has 1 aromatic rings. The number of allylic oxidation sites excluding steroid dienone is 3. The van der Waals surface area contributed by atoms with Crippen LogP contribution in [0.25, 0.3) is 0 Å². The zero-order chi connectivity index (χ0) is 25.5. The average Bonchev–Trinajstić information content (AvgIpc) is 3.23. The number of hydrogen-bond donors (Lipinski definition) is 1. The van der Waals surface area contributed by atoms with Gasteiger partial charge in [0.15, 0.2) is 0 Å². The fourth-order valence-corrected chi connectivity index (χ4v) is 4.85. The van der Waals surface area contributed by atoms with E-state index < -0.39 is 25.5 Å². The van der Waals surface area contributed by atoms with Gasteiger partial charge in [-0.15, -0.1) is 0 Å². The molecule has 0 radical (unpaired) electrons. The van der Waals surface area contributed by atoms with Crippen LogP contribution >= 0.6 is 7.60 Å². The van der Waals surface area contributed by atoms with Crippen LogP contribution in [-0.4, -0.2) is 51.6 Å². The molecular weight excluding hydrogens is 463 g/mol. The van der Waals surface area contributed by atoms with Gasteiger partial charge in [-0.05, 0) is 38.7 Å². The van der Waals surface area contributed by atoms with Crippen molar-refractivity contribution in [1.82, 2.24) is 0 Å². The van der Waals surface area contributed by atoms with E-state index >= 15 is 0 Å². The molecule has 0 saturated heterocycles. The minimum atomic E-state index is -3.12. The third kappa shape index (κ3) is 6.29. The highest BCUT2D eigenvalue weighted by Crippen LogP contribution is 2.46. The van der Waals surface area contributed by atoms with Crippen LogP contribution in [0.5, 0.6) is 11.5 Å². The predicted octanol–water partition coefficient (Wildman–Crippen LogP) is 4.48. The van der Waals surface area contributed by atoms with Crippen molar-refractivity contribution in [3.63, 3.8) is 0 Å². The number of carbonyl (C=O) groups excluding carboxylic acids is 2. The Morgan fingerprint density at radius 1 is 1.24 bits per heavy atom. The maximum atomic E-state index is 12.3. The van der Waals surface area contributed by atoms with Crippen molar-refractivity contribution in [2.24, 2.45) is 5.92 Å². The summed E-state index contributed by atoms with van der Waals surface area (Å²) < 4.78 is 37.5. The van der Waals surface area contributed by atoms with E-state index in [0.717, 1.165) is 11.1 Å². The molecule has 1 aromatic carbocycles. The van der Waals surface area contributed by atoms with Gasteiger partial charge in [0, 0.05) is 25.3 Å². The second-order valence-corrected chi connectivity index (χ2v) is 10.3. The second kappa shape index (κ2) is 12.2. The minimum absolute atomic E-state index is 0.108.